The van der Waals surface area contributed by atoms with E-state index in [0.29, 0.717) is 5.75 Å². The topological polar surface area (TPSA) is 20.2 Å². The quantitative estimate of drug-likeness (QED) is 0.636. The molecule has 0 aliphatic heterocycles. The fraction of sp³-hybridized carbons (Fsp3) is 0. The van der Waals surface area contributed by atoms with Crippen LogP contribution in [0.2, 0.25) is 0 Å². The van der Waals surface area contributed by atoms with Crippen LogP contribution in [-0.4, -0.2) is 5.11 Å². The van der Waals surface area contributed by atoms with Gasteiger partial charge in [0.1, 0.15) is 5.75 Å². The van der Waals surface area contributed by atoms with Crippen LogP contribution in [0.4, 0.5) is 0 Å². The van der Waals surface area contributed by atoms with Crippen molar-refractivity contribution in [1.82, 2.24) is 0 Å². The van der Waals surface area contributed by atoms with Crippen molar-refractivity contribution in [2.75, 3.05) is 0 Å². The molecular formula is C10H8OTi. The molecule has 1 nitrogen and oxygen atoms in total. The maximum Gasteiger partial charge on any atom is 0.116 e. The number of hydrogen-bond acceptors (Lipinski definition) is 1. The van der Waals surface area contributed by atoms with E-state index in [2.05, 4.69) is 0 Å². The fourth-order valence-electron chi connectivity index (χ4n) is 1.18. The minimum absolute atomic E-state index is 0. The first-order valence-corrected chi connectivity index (χ1v) is 3.54. The maximum atomic E-state index is 9.13. The average Bonchev–Trinajstić information content (AvgIpc) is 2.04. The first-order chi connectivity index (χ1) is 5.36. The Morgan fingerprint density at radius 1 is 0.833 bits per heavy atom. The van der Waals surface area contributed by atoms with Gasteiger partial charge in [-0.25, -0.2) is 0 Å². The summed E-state index contributed by atoms with van der Waals surface area (Å²) in [6.45, 7) is 0. The van der Waals surface area contributed by atoms with E-state index in [0.717, 1.165) is 10.8 Å². The van der Waals surface area contributed by atoms with Gasteiger partial charge in [-0.3, -0.25) is 0 Å². The van der Waals surface area contributed by atoms with Crippen molar-refractivity contribution in [3.05, 3.63) is 42.5 Å². The number of rotatable bonds is 0. The van der Waals surface area contributed by atoms with Crippen LogP contribution in [0.25, 0.3) is 10.8 Å². The summed E-state index contributed by atoms with van der Waals surface area (Å²) in [5.41, 5.74) is 0. The summed E-state index contributed by atoms with van der Waals surface area (Å²) in [4.78, 5) is 0. The third kappa shape index (κ3) is 1.68. The van der Waals surface area contributed by atoms with Gasteiger partial charge < -0.3 is 5.11 Å². The van der Waals surface area contributed by atoms with E-state index in [9.17, 15) is 0 Å². The summed E-state index contributed by atoms with van der Waals surface area (Å²) >= 11 is 0. The van der Waals surface area contributed by atoms with Gasteiger partial charge in [0.2, 0.25) is 0 Å². The normalized spacial score (nSPS) is 9.33. The molecule has 0 saturated carbocycles. The van der Waals surface area contributed by atoms with Gasteiger partial charge in [0.25, 0.3) is 0 Å². The molecular weight excluding hydrogens is 184 g/mol. The summed E-state index contributed by atoms with van der Waals surface area (Å²) in [5.74, 6) is 0.323. The third-order valence-corrected chi connectivity index (χ3v) is 1.73. The first-order valence-electron chi connectivity index (χ1n) is 3.54. The Labute approximate surface area is 85.9 Å². The zero-order chi connectivity index (χ0) is 7.68. The number of benzene rings is 2. The molecule has 0 heterocycles. The second kappa shape index (κ2) is 3.75. The summed E-state index contributed by atoms with van der Waals surface area (Å²) in [7, 11) is 0. The Morgan fingerprint density at radius 3 is 2.25 bits per heavy atom. The minimum atomic E-state index is 0. The minimum Gasteiger partial charge on any atom is -0.508 e. The molecule has 0 aliphatic rings. The van der Waals surface area contributed by atoms with Crippen LogP contribution < -0.4 is 0 Å². The van der Waals surface area contributed by atoms with E-state index in [-0.39, 0.29) is 21.7 Å². The van der Waals surface area contributed by atoms with Crippen molar-refractivity contribution in [3.63, 3.8) is 0 Å². The van der Waals surface area contributed by atoms with Gasteiger partial charge in [-0.2, -0.15) is 0 Å². The molecule has 12 heavy (non-hydrogen) atoms. The molecule has 0 aromatic heterocycles. The SMILES string of the molecule is Oc1ccc2ccccc2c1.[Ti]. The molecule has 0 aliphatic carbocycles. The molecule has 2 aromatic rings. The summed E-state index contributed by atoms with van der Waals surface area (Å²) in [6.07, 6.45) is 0. The number of aromatic hydroxyl groups is 1. The summed E-state index contributed by atoms with van der Waals surface area (Å²) in [6, 6.07) is 13.3. The summed E-state index contributed by atoms with van der Waals surface area (Å²) < 4.78 is 0. The molecule has 1 N–H and O–H groups in total. The number of phenols is 1. The zero-order valence-electron chi connectivity index (χ0n) is 6.49. The Bertz CT molecular complexity index is 384. The van der Waals surface area contributed by atoms with E-state index in [4.69, 9.17) is 5.11 Å². The molecule has 0 amide bonds. The number of fused-ring (bicyclic) bond motifs is 1. The van der Waals surface area contributed by atoms with Gasteiger partial charge in [-0.15, -0.1) is 0 Å². The van der Waals surface area contributed by atoms with Crippen LogP contribution in [0.5, 0.6) is 5.75 Å². The Balaban J connectivity index is 0.000000720. The second-order valence-electron chi connectivity index (χ2n) is 2.53. The van der Waals surface area contributed by atoms with Crippen molar-refractivity contribution in [2.24, 2.45) is 0 Å². The number of hydrogen-bond donors (Lipinski definition) is 1. The molecule has 0 atom stereocenters. The third-order valence-electron chi connectivity index (χ3n) is 1.73. The van der Waals surface area contributed by atoms with Crippen LogP contribution in [0.3, 0.4) is 0 Å². The fourth-order valence-corrected chi connectivity index (χ4v) is 1.18. The second-order valence-corrected chi connectivity index (χ2v) is 2.53. The monoisotopic (exact) mass is 192 g/mol. The van der Waals surface area contributed by atoms with Gasteiger partial charge >= 0.3 is 0 Å². The van der Waals surface area contributed by atoms with E-state index >= 15 is 0 Å². The van der Waals surface area contributed by atoms with Crippen molar-refractivity contribution < 1.29 is 26.8 Å². The molecule has 2 rings (SSSR count). The Hall–Kier alpha value is -0.786. The Kier molecular flexibility index (Phi) is 2.90. The molecule has 2 aromatic carbocycles. The largest absolute Gasteiger partial charge is 0.508 e. The molecule has 0 spiro atoms. The van der Waals surface area contributed by atoms with Gasteiger partial charge in [0.05, 0.1) is 0 Å². The molecule has 0 fully saturated rings. The van der Waals surface area contributed by atoms with Crippen LogP contribution in [0.1, 0.15) is 0 Å². The van der Waals surface area contributed by atoms with Crippen molar-refractivity contribution in [3.8, 4) is 5.75 Å². The predicted octanol–water partition coefficient (Wildman–Crippen LogP) is 2.54. The summed E-state index contributed by atoms with van der Waals surface area (Å²) in [5, 5.41) is 11.4. The smallest absolute Gasteiger partial charge is 0.116 e. The van der Waals surface area contributed by atoms with Crippen LogP contribution in [0.15, 0.2) is 42.5 Å². The van der Waals surface area contributed by atoms with E-state index in [1.165, 1.54) is 0 Å². The first kappa shape index (κ1) is 9.30. The molecule has 0 radical (unpaired) electrons. The van der Waals surface area contributed by atoms with Gasteiger partial charge in [-0.05, 0) is 22.9 Å². The molecule has 58 valence electrons. The van der Waals surface area contributed by atoms with Crippen molar-refractivity contribution in [1.29, 1.82) is 0 Å². The van der Waals surface area contributed by atoms with Crippen LogP contribution in [-0.2, 0) is 21.7 Å². The van der Waals surface area contributed by atoms with Gasteiger partial charge in [0.15, 0.2) is 0 Å². The van der Waals surface area contributed by atoms with E-state index < -0.39 is 0 Å². The Morgan fingerprint density at radius 2 is 1.50 bits per heavy atom. The van der Waals surface area contributed by atoms with E-state index in [1.807, 2.05) is 30.3 Å². The molecule has 0 bridgehead atoms. The number of phenolic OH excluding ortho intramolecular Hbond substituents is 1. The van der Waals surface area contributed by atoms with Crippen molar-refractivity contribution in [2.45, 2.75) is 0 Å². The molecule has 2 heteroatoms. The van der Waals surface area contributed by atoms with Crippen LogP contribution >= 0.6 is 0 Å². The standard InChI is InChI=1S/C10H8O.Ti/c11-10-6-5-8-3-1-2-4-9(8)7-10;/h1-7,11H;. The zero-order valence-corrected chi connectivity index (χ0v) is 8.05. The van der Waals surface area contributed by atoms with E-state index in [1.54, 1.807) is 12.1 Å². The van der Waals surface area contributed by atoms with Gasteiger partial charge in [-0.1, -0.05) is 30.3 Å². The molecule has 0 unspecified atom stereocenters. The average molecular weight is 192 g/mol. The maximum absolute atomic E-state index is 9.13. The predicted molar refractivity (Wildman–Crippen MR) is 45.6 cm³/mol. The van der Waals surface area contributed by atoms with Crippen molar-refractivity contribution >= 4 is 10.8 Å². The van der Waals surface area contributed by atoms with Gasteiger partial charge in [0, 0.05) is 21.7 Å². The van der Waals surface area contributed by atoms with Crippen LogP contribution in [0, 0.1) is 0 Å². The molecule has 0 saturated heterocycles.